The van der Waals surface area contributed by atoms with Crippen molar-refractivity contribution in [2.75, 3.05) is 0 Å². The molecule has 1 aromatic rings. The van der Waals surface area contributed by atoms with Gasteiger partial charge >= 0.3 is 0 Å². The maximum absolute atomic E-state index is 11.8. The molecule has 1 unspecified atom stereocenters. The first-order valence-electron chi connectivity index (χ1n) is 5.73. The molecule has 0 aromatic carbocycles. The normalized spacial score (nSPS) is 20.5. The minimum absolute atomic E-state index is 0.200. The van der Waals surface area contributed by atoms with Gasteiger partial charge < -0.3 is 0 Å². The number of amides is 2. The van der Waals surface area contributed by atoms with Crippen LogP contribution in [0.3, 0.4) is 0 Å². The molecule has 1 aromatic heterocycles. The van der Waals surface area contributed by atoms with E-state index >= 15 is 0 Å². The number of nitrogens with zero attached hydrogens (tertiary/aromatic N) is 2. The highest BCUT2D eigenvalue weighted by Crippen LogP contribution is 2.29. The minimum Gasteiger partial charge on any atom is -0.296 e. The molecule has 0 aliphatic carbocycles. The van der Waals surface area contributed by atoms with Gasteiger partial charge in [-0.3, -0.25) is 14.9 Å². The molecule has 1 atom stereocenters. The number of imide groups is 1. The summed E-state index contributed by atoms with van der Waals surface area (Å²) in [5, 5.41) is 2.36. The van der Waals surface area contributed by atoms with E-state index in [0.717, 1.165) is 11.3 Å². The predicted molar refractivity (Wildman–Crippen MR) is 61.2 cm³/mol. The Labute approximate surface area is 99.7 Å². The van der Waals surface area contributed by atoms with Crippen LogP contribution in [-0.2, 0) is 9.59 Å². The summed E-state index contributed by atoms with van der Waals surface area (Å²) in [4.78, 5) is 31.1. The Morgan fingerprint density at radius 2 is 2.18 bits per heavy atom. The van der Waals surface area contributed by atoms with Gasteiger partial charge in [0.05, 0.1) is 11.6 Å². The molecule has 2 heterocycles. The van der Waals surface area contributed by atoms with Crippen molar-refractivity contribution in [3.05, 3.63) is 23.8 Å². The van der Waals surface area contributed by atoms with E-state index in [1.54, 1.807) is 6.20 Å². The summed E-state index contributed by atoms with van der Waals surface area (Å²) in [6, 6.07) is 0. The topological polar surface area (TPSA) is 72.0 Å². The molecule has 1 saturated heterocycles. The average molecular weight is 233 g/mol. The molecule has 0 radical (unpaired) electrons. The van der Waals surface area contributed by atoms with Crippen LogP contribution in [0.25, 0.3) is 0 Å². The molecule has 1 fully saturated rings. The fraction of sp³-hybridized carbons (Fsp3) is 0.500. The molecule has 17 heavy (non-hydrogen) atoms. The molecule has 5 nitrogen and oxygen atoms in total. The lowest BCUT2D eigenvalue weighted by Gasteiger charge is -2.23. The standard InChI is InChI=1S/C12H15N3O2/c1-7(2)11-9(5-13-6-14-11)8-3-4-10(16)15-12(8)17/h5-8H,3-4H2,1-2H3,(H,15,16,17). The first-order chi connectivity index (χ1) is 8.09. The molecule has 2 amide bonds. The second-order valence-corrected chi connectivity index (χ2v) is 4.52. The molecule has 0 bridgehead atoms. The fourth-order valence-electron chi connectivity index (χ4n) is 2.09. The summed E-state index contributed by atoms with van der Waals surface area (Å²) in [7, 11) is 0. The van der Waals surface area contributed by atoms with Crippen LogP contribution in [0.15, 0.2) is 12.5 Å². The zero-order valence-corrected chi connectivity index (χ0v) is 9.93. The van der Waals surface area contributed by atoms with Gasteiger partial charge in [0.15, 0.2) is 0 Å². The summed E-state index contributed by atoms with van der Waals surface area (Å²) < 4.78 is 0. The molecule has 1 N–H and O–H groups in total. The van der Waals surface area contributed by atoms with Crippen LogP contribution in [-0.4, -0.2) is 21.8 Å². The Hall–Kier alpha value is -1.78. The van der Waals surface area contributed by atoms with Crippen LogP contribution in [0.5, 0.6) is 0 Å². The van der Waals surface area contributed by atoms with Crippen molar-refractivity contribution in [3.8, 4) is 0 Å². The SMILES string of the molecule is CC(C)c1ncncc1C1CCC(=O)NC1=O. The van der Waals surface area contributed by atoms with Gasteiger partial charge in [0.2, 0.25) is 11.8 Å². The molecule has 2 rings (SSSR count). The number of carbonyl (C=O) groups is 2. The summed E-state index contributed by atoms with van der Waals surface area (Å²) in [6.45, 7) is 4.05. The molecular formula is C12H15N3O2. The lowest BCUT2D eigenvalue weighted by molar-refractivity contribution is -0.134. The number of piperidine rings is 1. The van der Waals surface area contributed by atoms with Crippen molar-refractivity contribution in [2.24, 2.45) is 0 Å². The first-order valence-corrected chi connectivity index (χ1v) is 5.73. The van der Waals surface area contributed by atoms with E-state index in [-0.39, 0.29) is 23.7 Å². The van der Waals surface area contributed by atoms with E-state index in [1.165, 1.54) is 6.33 Å². The number of hydrogen-bond acceptors (Lipinski definition) is 4. The average Bonchev–Trinajstić information content (AvgIpc) is 2.29. The van der Waals surface area contributed by atoms with Gasteiger partial charge in [0, 0.05) is 18.2 Å². The third-order valence-corrected chi connectivity index (χ3v) is 2.93. The van der Waals surface area contributed by atoms with E-state index in [4.69, 9.17) is 0 Å². The van der Waals surface area contributed by atoms with Gasteiger partial charge in [0.1, 0.15) is 6.33 Å². The molecule has 0 spiro atoms. The first kappa shape index (κ1) is 11.7. The quantitative estimate of drug-likeness (QED) is 0.777. The van der Waals surface area contributed by atoms with Crippen molar-refractivity contribution in [1.29, 1.82) is 0 Å². The van der Waals surface area contributed by atoms with Crippen molar-refractivity contribution < 1.29 is 9.59 Å². The molecule has 90 valence electrons. The van der Waals surface area contributed by atoms with Crippen LogP contribution in [0.4, 0.5) is 0 Å². The van der Waals surface area contributed by atoms with E-state index in [0.29, 0.717) is 12.8 Å². The smallest absolute Gasteiger partial charge is 0.234 e. The highest BCUT2D eigenvalue weighted by atomic mass is 16.2. The summed E-state index contributed by atoms with van der Waals surface area (Å²) in [5.74, 6) is -0.503. The molecule has 0 saturated carbocycles. The van der Waals surface area contributed by atoms with Crippen molar-refractivity contribution in [1.82, 2.24) is 15.3 Å². The summed E-state index contributed by atoms with van der Waals surface area (Å²) in [5.41, 5.74) is 1.72. The minimum atomic E-state index is -0.300. The Bertz CT molecular complexity index is 457. The number of nitrogens with one attached hydrogen (secondary N) is 1. The van der Waals surface area contributed by atoms with E-state index in [1.807, 2.05) is 13.8 Å². The van der Waals surface area contributed by atoms with Gasteiger partial charge in [-0.15, -0.1) is 0 Å². The Morgan fingerprint density at radius 3 is 2.82 bits per heavy atom. The Balaban J connectivity index is 2.34. The second kappa shape index (κ2) is 4.61. The van der Waals surface area contributed by atoms with Gasteiger partial charge in [0.25, 0.3) is 0 Å². The van der Waals surface area contributed by atoms with Crippen molar-refractivity contribution >= 4 is 11.8 Å². The summed E-state index contributed by atoms with van der Waals surface area (Å²) >= 11 is 0. The maximum Gasteiger partial charge on any atom is 0.234 e. The summed E-state index contributed by atoms with van der Waals surface area (Å²) in [6.07, 6.45) is 4.09. The van der Waals surface area contributed by atoms with Crippen molar-refractivity contribution in [2.45, 2.75) is 38.5 Å². The van der Waals surface area contributed by atoms with Crippen LogP contribution in [0.2, 0.25) is 0 Å². The Kier molecular flexibility index (Phi) is 3.17. The Morgan fingerprint density at radius 1 is 1.41 bits per heavy atom. The number of carbonyl (C=O) groups excluding carboxylic acids is 2. The highest BCUT2D eigenvalue weighted by Gasteiger charge is 2.30. The molecule has 1 aliphatic rings. The lowest BCUT2D eigenvalue weighted by atomic mass is 9.88. The fourth-order valence-corrected chi connectivity index (χ4v) is 2.09. The number of aromatic nitrogens is 2. The number of hydrogen-bond donors (Lipinski definition) is 1. The van der Waals surface area contributed by atoms with Gasteiger partial charge in [-0.05, 0) is 12.3 Å². The van der Waals surface area contributed by atoms with E-state index in [2.05, 4.69) is 15.3 Å². The van der Waals surface area contributed by atoms with E-state index in [9.17, 15) is 9.59 Å². The van der Waals surface area contributed by atoms with Crippen LogP contribution in [0.1, 0.15) is 49.8 Å². The second-order valence-electron chi connectivity index (χ2n) is 4.52. The molecule has 1 aliphatic heterocycles. The van der Waals surface area contributed by atoms with Crippen LogP contribution in [0, 0.1) is 0 Å². The number of rotatable bonds is 2. The highest BCUT2D eigenvalue weighted by molar-refractivity contribution is 6.01. The van der Waals surface area contributed by atoms with Gasteiger partial charge in [-0.25, -0.2) is 9.97 Å². The largest absolute Gasteiger partial charge is 0.296 e. The van der Waals surface area contributed by atoms with Crippen LogP contribution < -0.4 is 5.32 Å². The zero-order chi connectivity index (χ0) is 12.4. The molecular weight excluding hydrogens is 218 g/mol. The molecule has 5 heteroatoms. The van der Waals surface area contributed by atoms with E-state index < -0.39 is 0 Å². The third-order valence-electron chi connectivity index (χ3n) is 2.93. The van der Waals surface area contributed by atoms with Crippen LogP contribution >= 0.6 is 0 Å². The van der Waals surface area contributed by atoms with Gasteiger partial charge in [-0.1, -0.05) is 13.8 Å². The zero-order valence-electron chi connectivity index (χ0n) is 9.93. The maximum atomic E-state index is 11.8. The van der Waals surface area contributed by atoms with Gasteiger partial charge in [-0.2, -0.15) is 0 Å². The third kappa shape index (κ3) is 2.33. The van der Waals surface area contributed by atoms with Crippen molar-refractivity contribution in [3.63, 3.8) is 0 Å². The monoisotopic (exact) mass is 233 g/mol. The lowest BCUT2D eigenvalue weighted by Crippen LogP contribution is -2.39. The predicted octanol–water partition coefficient (Wildman–Crippen LogP) is 1.12.